The Labute approximate surface area is 156 Å². The zero-order valence-corrected chi connectivity index (χ0v) is 15.4. The quantitative estimate of drug-likeness (QED) is 0.627. The van der Waals surface area contributed by atoms with Gasteiger partial charge in [0.2, 0.25) is 5.91 Å². The topological polar surface area (TPSA) is 72.3 Å². The normalized spacial score (nSPS) is 15.5. The molecule has 26 heavy (non-hydrogen) atoms. The summed E-state index contributed by atoms with van der Waals surface area (Å²) >= 11 is 1.33. The molecule has 0 atom stereocenters. The third-order valence-electron chi connectivity index (χ3n) is 3.61. The Bertz CT molecular complexity index is 865. The summed E-state index contributed by atoms with van der Waals surface area (Å²) in [4.78, 5) is 11.1. The fourth-order valence-electron chi connectivity index (χ4n) is 2.37. The summed E-state index contributed by atoms with van der Waals surface area (Å²) in [6, 6.07) is 13.7. The zero-order chi connectivity index (χ0) is 18.4. The predicted octanol–water partition coefficient (Wildman–Crippen LogP) is 3.14. The zero-order valence-electron chi connectivity index (χ0n) is 14.6. The Morgan fingerprint density at radius 3 is 2.85 bits per heavy atom. The lowest BCUT2D eigenvalue weighted by molar-refractivity contribution is -0.116. The number of ether oxygens (including phenoxy) is 2. The number of carbonyl (C=O) groups is 1. The molecule has 7 heteroatoms. The molecule has 2 aromatic carbocycles. The molecule has 0 bridgehead atoms. The molecule has 1 fully saturated rings. The van der Waals surface area contributed by atoms with Crippen molar-refractivity contribution in [2.24, 2.45) is 10.2 Å². The molecule has 1 amide bonds. The van der Waals surface area contributed by atoms with Crippen molar-refractivity contribution in [1.82, 2.24) is 5.32 Å². The molecule has 0 radical (unpaired) electrons. The van der Waals surface area contributed by atoms with E-state index < -0.39 is 0 Å². The van der Waals surface area contributed by atoms with Gasteiger partial charge >= 0.3 is 0 Å². The lowest BCUT2D eigenvalue weighted by Gasteiger charge is -2.11. The van der Waals surface area contributed by atoms with E-state index in [0.29, 0.717) is 29.0 Å². The van der Waals surface area contributed by atoms with Crippen molar-refractivity contribution < 1.29 is 14.3 Å². The maximum Gasteiger partial charge on any atom is 0.236 e. The summed E-state index contributed by atoms with van der Waals surface area (Å²) < 4.78 is 11.3. The van der Waals surface area contributed by atoms with E-state index in [9.17, 15) is 4.79 Å². The number of benzene rings is 2. The Hall–Kier alpha value is -2.80. The second-order valence-electron chi connectivity index (χ2n) is 5.67. The minimum atomic E-state index is -0.0549. The van der Waals surface area contributed by atoms with Gasteiger partial charge in [-0.2, -0.15) is 5.10 Å². The van der Waals surface area contributed by atoms with Crippen LogP contribution in [0.3, 0.4) is 0 Å². The van der Waals surface area contributed by atoms with Gasteiger partial charge in [0.25, 0.3) is 0 Å². The molecule has 1 aliphatic heterocycles. The van der Waals surface area contributed by atoms with Crippen molar-refractivity contribution in [2.45, 2.75) is 13.5 Å². The van der Waals surface area contributed by atoms with Gasteiger partial charge in [-0.15, -0.1) is 5.10 Å². The monoisotopic (exact) mass is 369 g/mol. The van der Waals surface area contributed by atoms with Gasteiger partial charge in [0.15, 0.2) is 16.7 Å². The number of aryl methyl sites for hydroxylation is 1. The molecular weight excluding hydrogens is 350 g/mol. The number of hydrogen-bond donors (Lipinski definition) is 1. The van der Waals surface area contributed by atoms with Crippen LogP contribution < -0.4 is 14.8 Å². The standard InChI is InChI=1S/C19H19N3O3S/c1-13-4-3-5-15(8-13)11-25-16-7-6-14(9-17(16)24-2)10-20-22-19-21-18(23)12-26-19/h3-10H,11-12H2,1-2H3,(H,21,22,23). The fourth-order valence-corrected chi connectivity index (χ4v) is 3.00. The van der Waals surface area contributed by atoms with Crippen LogP contribution in [-0.4, -0.2) is 30.2 Å². The number of methoxy groups -OCH3 is 1. The van der Waals surface area contributed by atoms with Crippen LogP contribution in [0.4, 0.5) is 0 Å². The van der Waals surface area contributed by atoms with Crippen LogP contribution in [-0.2, 0) is 11.4 Å². The van der Waals surface area contributed by atoms with Crippen LogP contribution in [0.25, 0.3) is 0 Å². The first-order valence-corrected chi connectivity index (χ1v) is 9.02. The second kappa shape index (κ2) is 8.53. The lowest BCUT2D eigenvalue weighted by atomic mass is 10.1. The van der Waals surface area contributed by atoms with Gasteiger partial charge < -0.3 is 14.8 Å². The molecule has 1 heterocycles. The van der Waals surface area contributed by atoms with E-state index in [4.69, 9.17) is 9.47 Å². The minimum Gasteiger partial charge on any atom is -0.493 e. The van der Waals surface area contributed by atoms with Crippen LogP contribution in [0.5, 0.6) is 11.5 Å². The molecule has 0 saturated carbocycles. The van der Waals surface area contributed by atoms with Crippen LogP contribution >= 0.6 is 11.8 Å². The van der Waals surface area contributed by atoms with Crippen molar-refractivity contribution in [3.05, 3.63) is 59.2 Å². The molecule has 0 aliphatic carbocycles. The summed E-state index contributed by atoms with van der Waals surface area (Å²) in [5, 5.41) is 11.1. The first kappa shape index (κ1) is 18.0. The van der Waals surface area contributed by atoms with Crippen molar-refractivity contribution >= 4 is 29.1 Å². The number of rotatable bonds is 6. The van der Waals surface area contributed by atoms with Crippen LogP contribution in [0.15, 0.2) is 52.7 Å². The SMILES string of the molecule is COc1cc(C=NN=C2NC(=O)CS2)ccc1OCc1cccc(C)c1. The summed E-state index contributed by atoms with van der Waals surface area (Å²) in [7, 11) is 1.60. The second-order valence-corrected chi connectivity index (χ2v) is 6.64. The van der Waals surface area contributed by atoms with Crippen molar-refractivity contribution in [3.63, 3.8) is 0 Å². The van der Waals surface area contributed by atoms with Gasteiger partial charge in [-0.1, -0.05) is 41.6 Å². The molecule has 2 aromatic rings. The molecule has 0 aromatic heterocycles. The van der Waals surface area contributed by atoms with Crippen LogP contribution in [0.2, 0.25) is 0 Å². The molecule has 134 valence electrons. The predicted molar refractivity (Wildman–Crippen MR) is 104 cm³/mol. The number of thioether (sulfide) groups is 1. The number of carbonyl (C=O) groups excluding carboxylic acids is 1. The highest BCUT2D eigenvalue weighted by Gasteiger charge is 2.15. The highest BCUT2D eigenvalue weighted by Crippen LogP contribution is 2.28. The number of amidine groups is 1. The average Bonchev–Trinajstić information content (AvgIpc) is 3.05. The Kier molecular flexibility index (Phi) is 5.91. The smallest absolute Gasteiger partial charge is 0.236 e. The van der Waals surface area contributed by atoms with E-state index in [1.807, 2.05) is 30.3 Å². The Morgan fingerprint density at radius 2 is 2.12 bits per heavy atom. The number of nitrogens with zero attached hydrogens (tertiary/aromatic N) is 2. The van der Waals surface area contributed by atoms with E-state index in [1.54, 1.807) is 13.3 Å². The molecule has 0 unspecified atom stereocenters. The van der Waals surface area contributed by atoms with E-state index in [0.717, 1.165) is 11.1 Å². The Balaban J connectivity index is 1.66. The van der Waals surface area contributed by atoms with Gasteiger partial charge in [0.05, 0.1) is 19.1 Å². The van der Waals surface area contributed by atoms with Gasteiger partial charge in [0, 0.05) is 0 Å². The third-order valence-corrected chi connectivity index (χ3v) is 4.47. The van der Waals surface area contributed by atoms with Gasteiger partial charge in [-0.05, 0) is 36.2 Å². The van der Waals surface area contributed by atoms with Crippen LogP contribution in [0.1, 0.15) is 16.7 Å². The van der Waals surface area contributed by atoms with Crippen LogP contribution in [0, 0.1) is 6.92 Å². The molecule has 0 spiro atoms. The maximum absolute atomic E-state index is 11.1. The molecule has 6 nitrogen and oxygen atoms in total. The van der Waals surface area contributed by atoms with Crippen molar-refractivity contribution in [2.75, 3.05) is 12.9 Å². The molecular formula is C19H19N3O3S. The van der Waals surface area contributed by atoms with Gasteiger partial charge in [-0.3, -0.25) is 4.79 Å². The Morgan fingerprint density at radius 1 is 1.23 bits per heavy atom. The molecule has 1 aliphatic rings. The van der Waals surface area contributed by atoms with E-state index in [1.165, 1.54) is 17.3 Å². The first-order valence-electron chi connectivity index (χ1n) is 8.04. The number of amides is 1. The minimum absolute atomic E-state index is 0.0549. The van der Waals surface area contributed by atoms with E-state index >= 15 is 0 Å². The van der Waals surface area contributed by atoms with Crippen molar-refractivity contribution in [3.8, 4) is 11.5 Å². The summed E-state index contributed by atoms with van der Waals surface area (Å²) in [5.74, 6) is 1.62. The molecule has 1 N–H and O–H groups in total. The average molecular weight is 369 g/mol. The summed E-state index contributed by atoms with van der Waals surface area (Å²) in [6.07, 6.45) is 1.60. The van der Waals surface area contributed by atoms with Gasteiger partial charge in [0.1, 0.15) is 6.61 Å². The first-order chi connectivity index (χ1) is 12.6. The highest BCUT2D eigenvalue weighted by molar-refractivity contribution is 8.15. The molecule has 1 saturated heterocycles. The molecule has 3 rings (SSSR count). The lowest BCUT2D eigenvalue weighted by Crippen LogP contribution is -2.19. The highest BCUT2D eigenvalue weighted by atomic mass is 32.2. The maximum atomic E-state index is 11.1. The van der Waals surface area contributed by atoms with Gasteiger partial charge in [-0.25, -0.2) is 0 Å². The largest absolute Gasteiger partial charge is 0.493 e. The number of nitrogens with one attached hydrogen (secondary N) is 1. The summed E-state index contributed by atoms with van der Waals surface area (Å²) in [6.45, 7) is 2.52. The summed E-state index contributed by atoms with van der Waals surface area (Å²) in [5.41, 5.74) is 3.12. The fraction of sp³-hybridized carbons (Fsp3) is 0.211. The number of hydrogen-bond acceptors (Lipinski definition) is 6. The van der Waals surface area contributed by atoms with E-state index in [-0.39, 0.29) is 5.91 Å². The third kappa shape index (κ3) is 4.86. The van der Waals surface area contributed by atoms with E-state index in [2.05, 4.69) is 34.6 Å². The van der Waals surface area contributed by atoms with Crippen molar-refractivity contribution in [1.29, 1.82) is 0 Å².